The molecule has 46 heavy (non-hydrogen) atoms. The predicted molar refractivity (Wildman–Crippen MR) is 191 cm³/mol. The summed E-state index contributed by atoms with van der Waals surface area (Å²) < 4.78 is 6.22. The molecule has 0 saturated carbocycles. The number of nitrogens with one attached hydrogen (secondary N) is 3. The molecule has 0 spiro atoms. The van der Waals surface area contributed by atoms with E-state index in [1.807, 2.05) is 6.07 Å². The van der Waals surface area contributed by atoms with Crippen molar-refractivity contribution in [2.45, 2.75) is 77.2 Å². The summed E-state index contributed by atoms with van der Waals surface area (Å²) in [5.41, 5.74) is 9.57. The van der Waals surface area contributed by atoms with Gasteiger partial charge in [0.2, 0.25) is 0 Å². The second kappa shape index (κ2) is 12.1. The molecule has 0 fully saturated rings. The van der Waals surface area contributed by atoms with Crippen LogP contribution in [-0.2, 0) is 0 Å². The predicted octanol–water partition coefficient (Wildman–Crippen LogP) is 9.42. The van der Waals surface area contributed by atoms with E-state index in [1.165, 1.54) is 39.9 Å². The third-order valence-electron chi connectivity index (χ3n) is 10.2. The van der Waals surface area contributed by atoms with Crippen LogP contribution in [0.5, 0.6) is 0 Å². The number of furan rings is 1. The number of aliphatic imine (C=N–C) groups is 1. The molecule has 6 unspecified atom stereocenters. The van der Waals surface area contributed by atoms with E-state index in [9.17, 15) is 0 Å². The molecule has 3 aromatic carbocycles. The molecule has 2 aliphatic carbocycles. The smallest absolute Gasteiger partial charge is 0.135 e. The lowest BCUT2D eigenvalue weighted by Gasteiger charge is -2.36. The second-order valence-electron chi connectivity index (χ2n) is 13.8. The molecule has 3 N–H and O–H groups in total. The Hall–Kier alpha value is -4.35. The number of benzene rings is 3. The topological polar surface area (TPSA) is 61.6 Å². The van der Waals surface area contributed by atoms with Gasteiger partial charge in [0.15, 0.2) is 0 Å². The highest BCUT2D eigenvalue weighted by Crippen LogP contribution is 2.40. The lowest BCUT2D eigenvalue weighted by Crippen LogP contribution is -2.51. The zero-order valence-electron chi connectivity index (χ0n) is 27.1. The number of para-hydroxylation sites is 1. The number of nitrogens with zero attached hydrogens (tertiary/aromatic N) is 1. The fraction of sp³-hybridized carbons (Fsp3) is 0.341. The van der Waals surface area contributed by atoms with E-state index in [2.05, 4.69) is 128 Å². The maximum Gasteiger partial charge on any atom is 0.135 e. The maximum absolute atomic E-state index is 6.22. The first-order chi connectivity index (χ1) is 22.5. The van der Waals surface area contributed by atoms with Gasteiger partial charge >= 0.3 is 0 Å². The number of amidine groups is 1. The Morgan fingerprint density at radius 3 is 2.63 bits per heavy atom. The van der Waals surface area contributed by atoms with Crippen LogP contribution in [-0.4, -0.2) is 18.0 Å². The van der Waals surface area contributed by atoms with Gasteiger partial charge in [-0.1, -0.05) is 79.8 Å². The highest BCUT2D eigenvalue weighted by molar-refractivity contribution is 6.06. The summed E-state index contributed by atoms with van der Waals surface area (Å²) in [5.74, 6) is 2.29. The molecule has 4 aliphatic rings. The zero-order valence-corrected chi connectivity index (χ0v) is 27.1. The molecular formula is C41H44N4O. The van der Waals surface area contributed by atoms with Gasteiger partial charge in [-0.15, -0.1) is 0 Å². The molecule has 4 aromatic rings. The number of allylic oxidation sites excluding steroid dienone is 6. The van der Waals surface area contributed by atoms with Gasteiger partial charge in [-0.25, -0.2) is 4.99 Å². The number of fused-ring (bicyclic) bond motifs is 3. The van der Waals surface area contributed by atoms with Crippen molar-refractivity contribution in [2.24, 2.45) is 16.8 Å². The van der Waals surface area contributed by atoms with E-state index in [4.69, 9.17) is 9.41 Å². The molecule has 5 nitrogen and oxygen atoms in total. The Bertz CT molecular complexity index is 1940. The highest BCUT2D eigenvalue weighted by atomic mass is 16.3. The largest absolute Gasteiger partial charge is 0.456 e. The summed E-state index contributed by atoms with van der Waals surface area (Å²) in [4.78, 5) is 5.30. The summed E-state index contributed by atoms with van der Waals surface area (Å²) in [6.45, 7) is 6.76. The van der Waals surface area contributed by atoms with Crippen molar-refractivity contribution in [1.29, 1.82) is 0 Å². The molecule has 6 atom stereocenters. The molecule has 0 radical (unpaired) electrons. The number of hydrogen-bond acceptors (Lipinski definition) is 5. The quantitative estimate of drug-likeness (QED) is 0.198. The van der Waals surface area contributed by atoms with Gasteiger partial charge in [0.05, 0.1) is 0 Å². The van der Waals surface area contributed by atoms with E-state index in [-0.39, 0.29) is 12.3 Å². The van der Waals surface area contributed by atoms with E-state index in [1.54, 1.807) is 0 Å². The monoisotopic (exact) mass is 608 g/mol. The molecular weight excluding hydrogens is 564 g/mol. The lowest BCUT2D eigenvalue weighted by molar-refractivity contribution is 0.407. The summed E-state index contributed by atoms with van der Waals surface area (Å²) in [7, 11) is 0. The minimum atomic E-state index is -0.0505. The lowest BCUT2D eigenvalue weighted by atomic mass is 9.83. The van der Waals surface area contributed by atoms with Gasteiger partial charge in [-0.3, -0.25) is 5.32 Å². The van der Waals surface area contributed by atoms with Gasteiger partial charge in [0.25, 0.3) is 0 Å². The van der Waals surface area contributed by atoms with Crippen LogP contribution in [0.1, 0.15) is 76.1 Å². The Morgan fingerprint density at radius 1 is 0.891 bits per heavy atom. The average Bonchev–Trinajstić information content (AvgIpc) is 3.46. The van der Waals surface area contributed by atoms with E-state index >= 15 is 0 Å². The summed E-state index contributed by atoms with van der Waals surface area (Å²) in [5, 5.41) is 13.7. The maximum atomic E-state index is 6.22. The van der Waals surface area contributed by atoms with Crippen LogP contribution in [0.3, 0.4) is 0 Å². The third kappa shape index (κ3) is 5.62. The van der Waals surface area contributed by atoms with Crippen molar-refractivity contribution >= 4 is 27.8 Å². The average molecular weight is 609 g/mol. The van der Waals surface area contributed by atoms with Crippen molar-refractivity contribution in [3.05, 3.63) is 120 Å². The van der Waals surface area contributed by atoms with Crippen LogP contribution in [0.25, 0.3) is 33.1 Å². The van der Waals surface area contributed by atoms with Crippen LogP contribution in [0.2, 0.25) is 0 Å². The van der Waals surface area contributed by atoms with Crippen molar-refractivity contribution in [3.8, 4) is 11.1 Å². The van der Waals surface area contributed by atoms with Gasteiger partial charge in [-0.2, -0.15) is 0 Å². The molecule has 0 saturated heterocycles. The fourth-order valence-corrected chi connectivity index (χ4v) is 7.94. The first-order valence-electron chi connectivity index (χ1n) is 17.1. The fourth-order valence-electron chi connectivity index (χ4n) is 7.94. The Balaban J connectivity index is 1.23. The van der Waals surface area contributed by atoms with Gasteiger partial charge in [-0.05, 0) is 104 Å². The van der Waals surface area contributed by atoms with Crippen molar-refractivity contribution in [2.75, 3.05) is 0 Å². The van der Waals surface area contributed by atoms with Gasteiger partial charge in [0.1, 0.15) is 29.3 Å². The van der Waals surface area contributed by atoms with Crippen LogP contribution < -0.4 is 16.0 Å². The van der Waals surface area contributed by atoms with Crippen LogP contribution in [0.4, 0.5) is 0 Å². The normalized spacial score (nSPS) is 27.9. The molecule has 3 heterocycles. The van der Waals surface area contributed by atoms with Crippen molar-refractivity contribution < 1.29 is 4.42 Å². The second-order valence-corrected chi connectivity index (χ2v) is 13.8. The Kier molecular flexibility index (Phi) is 7.65. The molecule has 0 amide bonds. The van der Waals surface area contributed by atoms with E-state index in [0.29, 0.717) is 23.8 Å². The summed E-state index contributed by atoms with van der Waals surface area (Å²) in [6.07, 6.45) is 19.4. The van der Waals surface area contributed by atoms with E-state index in [0.717, 1.165) is 53.5 Å². The van der Waals surface area contributed by atoms with E-state index < -0.39 is 0 Å². The van der Waals surface area contributed by atoms with Gasteiger partial charge in [0, 0.05) is 34.3 Å². The Morgan fingerprint density at radius 2 is 1.78 bits per heavy atom. The first kappa shape index (κ1) is 29.1. The third-order valence-corrected chi connectivity index (χ3v) is 10.2. The minimum Gasteiger partial charge on any atom is -0.456 e. The first-order valence-corrected chi connectivity index (χ1v) is 17.1. The van der Waals surface area contributed by atoms with Gasteiger partial charge < -0.3 is 15.1 Å². The van der Waals surface area contributed by atoms with Crippen molar-refractivity contribution in [3.63, 3.8) is 0 Å². The van der Waals surface area contributed by atoms with Crippen molar-refractivity contribution in [1.82, 2.24) is 16.0 Å². The molecule has 5 heteroatoms. The minimum absolute atomic E-state index is 0.0448. The molecule has 2 aliphatic heterocycles. The standard InChI is InChI=1S/C41H44N4O/c1-25-10-9-13-30(20-25)40-43-39(28-11-5-4-6-12-28)44-41(45-40)31-16-18-33(32-21-26(2)42-27(3)22-32)35(24-31)29-17-19-38-36(23-29)34-14-7-8-15-37(34)46-38/h5,7-11,13-19,21,23-25,27-28,32,40-42,45H,4,6,12,20,22H2,1-3H3,(H,43,44). The molecule has 234 valence electrons. The SMILES string of the molecule is CC1=CC(c2ccc(C3NC(C4C=CCCC4)=NC(C4=CC=CC(C)C4)N3)cc2-c2ccc3oc4ccccc4c3c2)CC(C)N1. The number of hydrogen-bond donors (Lipinski definition) is 3. The van der Waals surface area contributed by atoms with Crippen LogP contribution in [0, 0.1) is 11.8 Å². The molecule has 1 aromatic heterocycles. The molecule has 8 rings (SSSR count). The summed E-state index contributed by atoms with van der Waals surface area (Å²) >= 11 is 0. The zero-order chi connectivity index (χ0) is 31.2. The Labute approximate surface area is 272 Å². The van der Waals surface area contributed by atoms with Crippen LogP contribution >= 0.6 is 0 Å². The number of rotatable bonds is 5. The summed E-state index contributed by atoms with van der Waals surface area (Å²) in [6, 6.07) is 22.6. The van der Waals surface area contributed by atoms with Crippen LogP contribution in [0.15, 0.2) is 118 Å². The highest BCUT2D eigenvalue weighted by Gasteiger charge is 2.31. The molecule has 0 bridgehead atoms.